The SMILES string of the molecule is CC1(C)CC/C(=C\c2ccccc2Cl)C1=O. The molecular formula is C14H15ClO. The van der Waals surface area contributed by atoms with Gasteiger partial charge in [-0.2, -0.15) is 0 Å². The van der Waals surface area contributed by atoms with E-state index in [-0.39, 0.29) is 11.2 Å². The fourth-order valence-electron chi connectivity index (χ4n) is 2.03. The van der Waals surface area contributed by atoms with E-state index >= 15 is 0 Å². The molecule has 1 aromatic carbocycles. The van der Waals surface area contributed by atoms with Gasteiger partial charge in [-0.25, -0.2) is 0 Å². The predicted octanol–water partition coefficient (Wildman–Crippen LogP) is 4.11. The Labute approximate surface area is 101 Å². The molecule has 1 aliphatic carbocycles. The van der Waals surface area contributed by atoms with Crippen molar-refractivity contribution in [3.8, 4) is 0 Å². The highest BCUT2D eigenvalue weighted by Gasteiger charge is 2.36. The maximum atomic E-state index is 12.0. The summed E-state index contributed by atoms with van der Waals surface area (Å²) in [5.74, 6) is 0.257. The minimum atomic E-state index is -0.201. The molecule has 0 atom stereocenters. The lowest BCUT2D eigenvalue weighted by Crippen LogP contribution is -2.17. The number of hydrogen-bond acceptors (Lipinski definition) is 1. The second-order valence-electron chi connectivity index (χ2n) is 4.90. The summed E-state index contributed by atoms with van der Waals surface area (Å²) in [6, 6.07) is 7.61. The third-order valence-electron chi connectivity index (χ3n) is 3.16. The Kier molecular flexibility index (Phi) is 2.90. The van der Waals surface area contributed by atoms with Crippen molar-refractivity contribution in [1.29, 1.82) is 0 Å². The molecule has 0 unspecified atom stereocenters. The molecule has 1 fully saturated rings. The molecule has 0 aromatic heterocycles. The molecule has 1 aromatic rings. The molecule has 0 radical (unpaired) electrons. The van der Waals surface area contributed by atoms with Gasteiger partial charge in [-0.15, -0.1) is 0 Å². The second-order valence-corrected chi connectivity index (χ2v) is 5.31. The van der Waals surface area contributed by atoms with Crippen LogP contribution in [0.2, 0.25) is 5.02 Å². The number of carbonyl (C=O) groups excluding carboxylic acids is 1. The van der Waals surface area contributed by atoms with Gasteiger partial charge in [-0.3, -0.25) is 4.79 Å². The molecule has 16 heavy (non-hydrogen) atoms. The molecule has 2 rings (SSSR count). The highest BCUT2D eigenvalue weighted by atomic mass is 35.5. The molecule has 0 bridgehead atoms. The lowest BCUT2D eigenvalue weighted by atomic mass is 9.90. The van der Waals surface area contributed by atoms with Crippen molar-refractivity contribution in [2.75, 3.05) is 0 Å². The van der Waals surface area contributed by atoms with Crippen LogP contribution in [0, 0.1) is 5.41 Å². The van der Waals surface area contributed by atoms with Gasteiger partial charge in [-0.1, -0.05) is 43.6 Å². The van der Waals surface area contributed by atoms with Crippen molar-refractivity contribution in [3.63, 3.8) is 0 Å². The Bertz CT molecular complexity index is 458. The summed E-state index contributed by atoms with van der Waals surface area (Å²) in [4.78, 5) is 12.0. The number of hydrogen-bond donors (Lipinski definition) is 0. The van der Waals surface area contributed by atoms with Crippen molar-refractivity contribution in [1.82, 2.24) is 0 Å². The second kappa shape index (κ2) is 4.06. The molecule has 2 heteroatoms. The Hall–Kier alpha value is -1.08. The molecule has 1 saturated carbocycles. The number of rotatable bonds is 1. The minimum absolute atomic E-state index is 0.201. The number of allylic oxidation sites excluding steroid dienone is 1. The molecule has 0 spiro atoms. The van der Waals surface area contributed by atoms with Crippen LogP contribution in [-0.2, 0) is 4.79 Å². The highest BCUT2D eigenvalue weighted by Crippen LogP contribution is 2.38. The molecular weight excluding hydrogens is 220 g/mol. The molecule has 0 heterocycles. The summed E-state index contributed by atoms with van der Waals surface area (Å²) < 4.78 is 0. The summed E-state index contributed by atoms with van der Waals surface area (Å²) in [6.45, 7) is 4.01. The Morgan fingerprint density at radius 3 is 2.56 bits per heavy atom. The van der Waals surface area contributed by atoms with Gasteiger partial charge >= 0.3 is 0 Å². The zero-order chi connectivity index (χ0) is 11.8. The van der Waals surface area contributed by atoms with Gasteiger partial charge in [0.25, 0.3) is 0 Å². The summed E-state index contributed by atoms with van der Waals surface area (Å²) in [5, 5.41) is 0.701. The van der Waals surface area contributed by atoms with Crippen LogP contribution in [0.1, 0.15) is 32.3 Å². The molecule has 0 aliphatic heterocycles. The van der Waals surface area contributed by atoms with Crippen LogP contribution < -0.4 is 0 Å². The van der Waals surface area contributed by atoms with E-state index in [4.69, 9.17) is 11.6 Å². The van der Waals surface area contributed by atoms with Crippen molar-refractivity contribution in [2.45, 2.75) is 26.7 Å². The van der Waals surface area contributed by atoms with E-state index in [0.29, 0.717) is 5.02 Å². The van der Waals surface area contributed by atoms with Crippen molar-refractivity contribution in [2.24, 2.45) is 5.41 Å². The largest absolute Gasteiger partial charge is 0.294 e. The molecule has 1 nitrogen and oxygen atoms in total. The van der Waals surface area contributed by atoms with Crippen molar-refractivity contribution in [3.05, 3.63) is 40.4 Å². The zero-order valence-electron chi connectivity index (χ0n) is 9.59. The van der Waals surface area contributed by atoms with E-state index < -0.39 is 0 Å². The van der Waals surface area contributed by atoms with Crippen molar-refractivity contribution < 1.29 is 4.79 Å². The fourth-order valence-corrected chi connectivity index (χ4v) is 2.22. The van der Waals surface area contributed by atoms with Crippen LogP contribution in [-0.4, -0.2) is 5.78 Å². The Morgan fingerprint density at radius 1 is 1.31 bits per heavy atom. The maximum Gasteiger partial charge on any atom is 0.164 e. The van der Waals surface area contributed by atoms with Crippen LogP contribution >= 0.6 is 11.6 Å². The first-order chi connectivity index (χ1) is 7.50. The minimum Gasteiger partial charge on any atom is -0.294 e. The average Bonchev–Trinajstić information content (AvgIpc) is 2.49. The number of Topliss-reactive ketones (excluding diaryl/α,β-unsaturated/α-hetero) is 1. The molecule has 84 valence electrons. The lowest BCUT2D eigenvalue weighted by Gasteiger charge is -2.12. The first-order valence-electron chi connectivity index (χ1n) is 5.50. The Morgan fingerprint density at radius 2 is 2.00 bits per heavy atom. The van der Waals surface area contributed by atoms with Gasteiger partial charge in [-0.05, 0) is 36.1 Å². The predicted molar refractivity (Wildman–Crippen MR) is 67.5 cm³/mol. The van der Waals surface area contributed by atoms with Crippen molar-refractivity contribution >= 4 is 23.5 Å². The average molecular weight is 235 g/mol. The van der Waals surface area contributed by atoms with Gasteiger partial charge in [0.05, 0.1) is 0 Å². The molecule has 0 amide bonds. The zero-order valence-corrected chi connectivity index (χ0v) is 10.3. The van der Waals surface area contributed by atoms with E-state index in [9.17, 15) is 4.79 Å². The van der Waals surface area contributed by atoms with E-state index in [1.807, 2.05) is 44.2 Å². The normalized spacial score (nSPS) is 21.7. The lowest BCUT2D eigenvalue weighted by molar-refractivity contribution is -0.121. The van der Waals surface area contributed by atoms with Crippen LogP contribution in [0.5, 0.6) is 0 Å². The van der Waals surface area contributed by atoms with Gasteiger partial charge in [0.2, 0.25) is 0 Å². The maximum absolute atomic E-state index is 12.0. The van der Waals surface area contributed by atoms with Crippen LogP contribution in [0.3, 0.4) is 0 Å². The number of halogens is 1. The quantitative estimate of drug-likeness (QED) is 0.669. The molecule has 0 N–H and O–H groups in total. The summed E-state index contributed by atoms with van der Waals surface area (Å²) in [5.41, 5.74) is 1.64. The summed E-state index contributed by atoms with van der Waals surface area (Å²) >= 11 is 6.07. The summed E-state index contributed by atoms with van der Waals surface area (Å²) in [6.07, 6.45) is 3.72. The van der Waals surface area contributed by atoms with Crippen LogP contribution in [0.25, 0.3) is 6.08 Å². The highest BCUT2D eigenvalue weighted by molar-refractivity contribution is 6.32. The third kappa shape index (κ3) is 2.05. The van der Waals surface area contributed by atoms with E-state index in [2.05, 4.69) is 0 Å². The third-order valence-corrected chi connectivity index (χ3v) is 3.50. The first kappa shape index (κ1) is 11.4. The van der Waals surface area contributed by atoms with E-state index in [1.165, 1.54) is 0 Å². The van der Waals surface area contributed by atoms with Gasteiger partial charge < -0.3 is 0 Å². The smallest absolute Gasteiger partial charge is 0.164 e. The number of benzene rings is 1. The monoisotopic (exact) mass is 234 g/mol. The van der Waals surface area contributed by atoms with E-state index in [0.717, 1.165) is 24.0 Å². The van der Waals surface area contributed by atoms with Gasteiger partial charge in [0.15, 0.2) is 5.78 Å². The number of ketones is 1. The van der Waals surface area contributed by atoms with E-state index in [1.54, 1.807) is 0 Å². The number of carbonyl (C=O) groups is 1. The topological polar surface area (TPSA) is 17.1 Å². The van der Waals surface area contributed by atoms with Gasteiger partial charge in [0, 0.05) is 10.4 Å². The first-order valence-corrected chi connectivity index (χ1v) is 5.88. The Balaban J connectivity index is 2.34. The molecule has 0 saturated heterocycles. The standard InChI is InChI=1S/C14H15ClO/c1-14(2)8-7-11(13(14)16)9-10-5-3-4-6-12(10)15/h3-6,9H,7-8H2,1-2H3/b11-9+. The molecule has 1 aliphatic rings. The van der Waals surface area contributed by atoms with Crippen LogP contribution in [0.4, 0.5) is 0 Å². The van der Waals surface area contributed by atoms with Gasteiger partial charge in [0.1, 0.15) is 0 Å². The summed E-state index contributed by atoms with van der Waals surface area (Å²) in [7, 11) is 0. The van der Waals surface area contributed by atoms with Crippen LogP contribution in [0.15, 0.2) is 29.8 Å². The fraction of sp³-hybridized carbons (Fsp3) is 0.357.